The highest BCUT2D eigenvalue weighted by molar-refractivity contribution is 5.69. The second kappa shape index (κ2) is 6.70. The maximum Gasteiger partial charge on any atom is 0.410 e. The number of amides is 1. The monoisotopic (exact) mass is 367 g/mol. The van der Waals surface area contributed by atoms with Crippen molar-refractivity contribution in [2.45, 2.75) is 56.9 Å². The van der Waals surface area contributed by atoms with E-state index in [4.69, 9.17) is 14.2 Å². The summed E-state index contributed by atoms with van der Waals surface area (Å²) in [5, 5.41) is 11.2. The quantitative estimate of drug-likeness (QED) is 0.871. The molecule has 144 valence electrons. The second-order valence-corrected chi connectivity index (χ2v) is 8.02. The van der Waals surface area contributed by atoms with Gasteiger partial charge >= 0.3 is 6.09 Å². The van der Waals surface area contributed by atoms with E-state index in [1.54, 1.807) is 17.0 Å². The molecule has 2 fully saturated rings. The van der Waals surface area contributed by atoms with Gasteiger partial charge in [0.05, 0.1) is 38.0 Å². The third kappa shape index (κ3) is 3.64. The Bertz CT molecular complexity index is 673. The van der Waals surface area contributed by atoms with Crippen LogP contribution in [-0.2, 0) is 15.1 Å². The molecule has 2 unspecified atom stereocenters. The molecule has 7 heteroatoms. The predicted octanol–water partition coefficient (Wildman–Crippen LogP) is 2.82. The molecule has 1 amide bonds. The van der Waals surface area contributed by atoms with Crippen molar-refractivity contribution in [3.05, 3.63) is 29.6 Å². The molecule has 0 spiro atoms. The molecule has 1 N–H and O–H groups in total. The molecule has 0 aromatic heterocycles. The molecule has 26 heavy (non-hydrogen) atoms. The van der Waals surface area contributed by atoms with Gasteiger partial charge in [-0.15, -0.1) is 0 Å². The summed E-state index contributed by atoms with van der Waals surface area (Å²) in [7, 11) is 1.46. The predicted molar refractivity (Wildman–Crippen MR) is 92.6 cm³/mol. The van der Waals surface area contributed by atoms with Crippen LogP contribution in [0.25, 0.3) is 0 Å². The van der Waals surface area contributed by atoms with Crippen molar-refractivity contribution in [3.8, 4) is 5.75 Å². The van der Waals surface area contributed by atoms with Crippen LogP contribution < -0.4 is 4.74 Å². The number of aliphatic hydroxyl groups is 1. The minimum atomic E-state index is -1.37. The fourth-order valence-electron chi connectivity index (χ4n) is 3.81. The zero-order valence-electron chi connectivity index (χ0n) is 15.6. The zero-order chi connectivity index (χ0) is 19.1. The average molecular weight is 367 g/mol. The van der Waals surface area contributed by atoms with Gasteiger partial charge in [-0.3, -0.25) is 4.90 Å². The van der Waals surface area contributed by atoms with E-state index in [9.17, 15) is 14.3 Å². The van der Waals surface area contributed by atoms with Crippen molar-refractivity contribution in [1.82, 2.24) is 4.90 Å². The Hall–Kier alpha value is -1.86. The third-order valence-corrected chi connectivity index (χ3v) is 4.84. The van der Waals surface area contributed by atoms with E-state index < -0.39 is 23.1 Å². The van der Waals surface area contributed by atoms with Gasteiger partial charge in [0, 0.05) is 24.5 Å². The normalized spacial score (nSPS) is 28.6. The Morgan fingerprint density at radius 2 is 1.92 bits per heavy atom. The summed E-state index contributed by atoms with van der Waals surface area (Å²) >= 11 is 0. The third-order valence-electron chi connectivity index (χ3n) is 4.84. The summed E-state index contributed by atoms with van der Waals surface area (Å²) in [5.74, 6) is -0.124. The van der Waals surface area contributed by atoms with E-state index in [1.807, 2.05) is 20.8 Å². The van der Waals surface area contributed by atoms with Gasteiger partial charge in [-0.05, 0) is 32.9 Å². The van der Waals surface area contributed by atoms with Crippen LogP contribution >= 0.6 is 0 Å². The summed E-state index contributed by atoms with van der Waals surface area (Å²) in [6.07, 6.45) is -0.0501. The van der Waals surface area contributed by atoms with E-state index in [2.05, 4.69) is 0 Å². The van der Waals surface area contributed by atoms with Crippen LogP contribution in [-0.4, -0.2) is 54.1 Å². The molecule has 2 saturated heterocycles. The number of carbonyl (C=O) groups excluding carboxylic acids is 1. The van der Waals surface area contributed by atoms with Gasteiger partial charge in [0.25, 0.3) is 0 Å². The van der Waals surface area contributed by atoms with Crippen LogP contribution in [0.2, 0.25) is 0 Å². The number of piperidine rings is 1. The largest absolute Gasteiger partial charge is 0.497 e. The maximum atomic E-state index is 14.5. The van der Waals surface area contributed by atoms with Crippen molar-refractivity contribution in [1.29, 1.82) is 0 Å². The Morgan fingerprint density at radius 1 is 1.31 bits per heavy atom. The molecule has 2 aliphatic rings. The maximum absolute atomic E-state index is 14.5. The standard InChI is InChI=1S/C19H26FNO5/c1-18(2,3)26-17(22)21-12-8-19(23,9-13(21)11-25-10-12)15-6-5-14(24-4)7-16(15)20/h5-7,12-13,23H,8-11H2,1-4H3. The van der Waals surface area contributed by atoms with Gasteiger partial charge in [-0.1, -0.05) is 0 Å². The minimum absolute atomic E-state index is 0.186. The lowest BCUT2D eigenvalue weighted by Gasteiger charge is -2.51. The summed E-state index contributed by atoms with van der Waals surface area (Å²) < 4.78 is 30.6. The molecule has 6 nitrogen and oxygen atoms in total. The molecule has 3 rings (SSSR count). The topological polar surface area (TPSA) is 68.2 Å². The minimum Gasteiger partial charge on any atom is -0.497 e. The van der Waals surface area contributed by atoms with Crippen LogP contribution in [0.4, 0.5) is 9.18 Å². The highest BCUT2D eigenvalue weighted by atomic mass is 19.1. The second-order valence-electron chi connectivity index (χ2n) is 8.02. The Labute approximate surface area is 152 Å². The number of rotatable bonds is 2. The lowest BCUT2D eigenvalue weighted by Crippen LogP contribution is -2.63. The van der Waals surface area contributed by atoms with Crippen molar-refractivity contribution < 1.29 is 28.5 Å². The van der Waals surface area contributed by atoms with Gasteiger partial charge in [0.1, 0.15) is 17.2 Å². The molecule has 2 atom stereocenters. The lowest BCUT2D eigenvalue weighted by atomic mass is 9.76. The van der Waals surface area contributed by atoms with Crippen molar-refractivity contribution in [2.75, 3.05) is 20.3 Å². The molecular formula is C19H26FNO5. The Balaban J connectivity index is 1.86. The number of hydrogen-bond donors (Lipinski definition) is 1. The van der Waals surface area contributed by atoms with Crippen LogP contribution in [0.1, 0.15) is 39.2 Å². The van der Waals surface area contributed by atoms with Gasteiger partial charge in [-0.2, -0.15) is 0 Å². The number of hydrogen-bond acceptors (Lipinski definition) is 5. The van der Waals surface area contributed by atoms with E-state index in [0.717, 1.165) is 0 Å². The Kier molecular flexibility index (Phi) is 4.88. The molecule has 0 saturated carbocycles. The van der Waals surface area contributed by atoms with Crippen molar-refractivity contribution >= 4 is 6.09 Å². The van der Waals surface area contributed by atoms with Crippen molar-refractivity contribution in [2.24, 2.45) is 0 Å². The number of benzene rings is 1. The summed E-state index contributed by atoms with van der Waals surface area (Å²) in [5.41, 5.74) is -1.75. The molecule has 0 radical (unpaired) electrons. The highest BCUT2D eigenvalue weighted by Gasteiger charge is 2.50. The first-order valence-corrected chi connectivity index (χ1v) is 8.78. The SMILES string of the molecule is COc1ccc(C2(O)CC3COCC(C2)N3C(=O)OC(C)(C)C)c(F)c1. The number of ether oxygens (including phenoxy) is 3. The van der Waals surface area contributed by atoms with Crippen LogP contribution in [0.15, 0.2) is 18.2 Å². The molecule has 2 aliphatic heterocycles. The van der Waals surface area contributed by atoms with Crippen LogP contribution in [0.5, 0.6) is 5.75 Å². The van der Waals surface area contributed by atoms with Gasteiger partial charge in [0.2, 0.25) is 0 Å². The van der Waals surface area contributed by atoms with Gasteiger partial charge in [-0.25, -0.2) is 9.18 Å². The number of fused-ring (bicyclic) bond motifs is 2. The first kappa shape index (κ1) is 18.9. The molecular weight excluding hydrogens is 341 g/mol. The molecule has 1 aromatic rings. The van der Waals surface area contributed by atoms with Crippen LogP contribution in [0.3, 0.4) is 0 Å². The molecule has 1 aromatic carbocycles. The number of halogens is 1. The van der Waals surface area contributed by atoms with Crippen molar-refractivity contribution in [3.63, 3.8) is 0 Å². The molecule has 0 aliphatic carbocycles. The Morgan fingerprint density at radius 3 is 2.42 bits per heavy atom. The lowest BCUT2D eigenvalue weighted by molar-refractivity contribution is -0.142. The summed E-state index contributed by atoms with van der Waals surface area (Å²) in [6.45, 7) is 6.00. The van der Waals surface area contributed by atoms with E-state index in [-0.39, 0.29) is 43.7 Å². The van der Waals surface area contributed by atoms with Gasteiger partial charge in [0.15, 0.2) is 0 Å². The average Bonchev–Trinajstić information content (AvgIpc) is 2.51. The fraction of sp³-hybridized carbons (Fsp3) is 0.632. The number of nitrogens with zero attached hydrogens (tertiary/aromatic N) is 1. The van der Waals surface area contributed by atoms with E-state index >= 15 is 0 Å². The number of carbonyl (C=O) groups is 1. The van der Waals surface area contributed by atoms with Crippen LogP contribution in [0, 0.1) is 5.82 Å². The molecule has 2 heterocycles. The van der Waals surface area contributed by atoms with E-state index in [1.165, 1.54) is 13.2 Å². The molecule has 2 bridgehead atoms. The van der Waals surface area contributed by atoms with Gasteiger partial charge < -0.3 is 19.3 Å². The summed E-state index contributed by atoms with van der Waals surface area (Å²) in [6, 6.07) is 3.70. The highest BCUT2D eigenvalue weighted by Crippen LogP contribution is 2.42. The van der Waals surface area contributed by atoms with E-state index in [0.29, 0.717) is 5.75 Å². The smallest absolute Gasteiger partial charge is 0.410 e. The number of methoxy groups -OCH3 is 1. The fourth-order valence-corrected chi connectivity index (χ4v) is 3.81. The first-order chi connectivity index (χ1) is 12.1. The number of morpholine rings is 1. The zero-order valence-corrected chi connectivity index (χ0v) is 15.6. The summed E-state index contributed by atoms with van der Waals surface area (Å²) in [4.78, 5) is 14.2. The first-order valence-electron chi connectivity index (χ1n) is 8.78.